The van der Waals surface area contributed by atoms with E-state index in [0.29, 0.717) is 25.2 Å². The van der Waals surface area contributed by atoms with E-state index in [0.717, 1.165) is 24.1 Å². The van der Waals surface area contributed by atoms with E-state index in [4.69, 9.17) is 14.8 Å². The highest BCUT2D eigenvalue weighted by molar-refractivity contribution is 5.88. The number of carbonyl (C=O) groups is 2. The number of ether oxygens (including phenoxy) is 1. The minimum absolute atomic E-state index is 0.0147. The van der Waals surface area contributed by atoms with Crippen molar-refractivity contribution in [1.82, 2.24) is 4.98 Å². The van der Waals surface area contributed by atoms with Gasteiger partial charge in [-0.15, -0.1) is 0 Å². The van der Waals surface area contributed by atoms with E-state index in [1.54, 1.807) is 4.90 Å². The molecule has 168 valence electrons. The molecule has 0 saturated carbocycles. The summed E-state index contributed by atoms with van der Waals surface area (Å²) in [6.45, 7) is 0.840. The van der Waals surface area contributed by atoms with Gasteiger partial charge >= 0.3 is 12.1 Å². The van der Waals surface area contributed by atoms with Crippen molar-refractivity contribution in [3.8, 4) is 11.1 Å². The molecule has 1 amide bonds. The van der Waals surface area contributed by atoms with Crippen LogP contribution in [0.2, 0.25) is 0 Å². The lowest BCUT2D eigenvalue weighted by atomic mass is 9.98. The van der Waals surface area contributed by atoms with Gasteiger partial charge < -0.3 is 9.84 Å². The molecular weight excluding hydrogens is 416 g/mol. The SMILES string of the molecule is O=C(O)CCCc1ccc2c(n1)N(C(=O)OCC1c3ccccc3-c3ccccc31)CCC2. The maximum Gasteiger partial charge on any atom is 0.415 e. The molecule has 1 aromatic heterocycles. The van der Waals surface area contributed by atoms with Crippen LogP contribution in [0.3, 0.4) is 0 Å². The van der Waals surface area contributed by atoms with Crippen LogP contribution < -0.4 is 4.90 Å². The number of carbonyl (C=O) groups excluding carboxylic acids is 1. The Morgan fingerprint density at radius 1 is 1.00 bits per heavy atom. The number of benzene rings is 2. The van der Waals surface area contributed by atoms with Crippen LogP contribution in [0.4, 0.5) is 10.6 Å². The molecule has 0 saturated heterocycles. The summed E-state index contributed by atoms with van der Waals surface area (Å²) in [6.07, 6.45) is 2.54. The number of anilines is 1. The standard InChI is InChI=1S/C27H26N2O4/c30-25(31)13-5-8-19-15-14-18-7-6-16-29(26(18)28-19)27(32)33-17-24-22-11-3-1-9-20(22)21-10-2-4-12-23(21)24/h1-4,9-12,14-15,24H,5-8,13,16-17H2,(H,30,31). The first-order valence-electron chi connectivity index (χ1n) is 11.4. The van der Waals surface area contributed by atoms with Gasteiger partial charge in [0.25, 0.3) is 0 Å². The number of aryl methyl sites for hydroxylation is 2. The number of aliphatic carboxylic acids is 1. The quantitative estimate of drug-likeness (QED) is 0.568. The van der Waals surface area contributed by atoms with Gasteiger partial charge in [-0.05, 0) is 59.6 Å². The zero-order chi connectivity index (χ0) is 22.8. The highest BCUT2D eigenvalue weighted by Gasteiger charge is 2.31. The number of amides is 1. The number of carboxylic acid groups (broad SMARTS) is 1. The van der Waals surface area contributed by atoms with Crippen LogP contribution in [0.25, 0.3) is 11.1 Å². The third-order valence-corrected chi connectivity index (χ3v) is 6.48. The van der Waals surface area contributed by atoms with Gasteiger partial charge in [0.1, 0.15) is 12.4 Å². The number of nitrogens with zero attached hydrogens (tertiary/aromatic N) is 2. The predicted molar refractivity (Wildman–Crippen MR) is 126 cm³/mol. The molecular formula is C27H26N2O4. The molecule has 1 N–H and O–H groups in total. The maximum atomic E-state index is 13.1. The van der Waals surface area contributed by atoms with Gasteiger partial charge in [-0.1, -0.05) is 54.6 Å². The first-order chi connectivity index (χ1) is 16.1. The van der Waals surface area contributed by atoms with E-state index >= 15 is 0 Å². The summed E-state index contributed by atoms with van der Waals surface area (Å²) in [5, 5.41) is 8.88. The Bertz CT molecular complexity index is 1160. The normalized spacial score (nSPS) is 14.4. The van der Waals surface area contributed by atoms with E-state index in [1.165, 1.54) is 22.3 Å². The molecule has 0 atom stereocenters. The number of rotatable bonds is 6. The number of aromatic nitrogens is 1. The van der Waals surface area contributed by atoms with Gasteiger partial charge in [0.2, 0.25) is 0 Å². The van der Waals surface area contributed by atoms with E-state index < -0.39 is 5.97 Å². The van der Waals surface area contributed by atoms with Crippen molar-refractivity contribution in [2.24, 2.45) is 0 Å². The lowest BCUT2D eigenvalue weighted by Crippen LogP contribution is -2.37. The summed E-state index contributed by atoms with van der Waals surface area (Å²) in [4.78, 5) is 30.3. The second-order valence-electron chi connectivity index (χ2n) is 8.59. The van der Waals surface area contributed by atoms with Crippen molar-refractivity contribution in [2.45, 2.75) is 38.0 Å². The first-order valence-corrected chi connectivity index (χ1v) is 11.4. The second kappa shape index (κ2) is 9.06. The zero-order valence-electron chi connectivity index (χ0n) is 18.4. The van der Waals surface area contributed by atoms with Crippen molar-refractivity contribution in [2.75, 3.05) is 18.1 Å². The predicted octanol–water partition coefficient (Wildman–Crippen LogP) is 5.19. The molecule has 3 aromatic rings. The van der Waals surface area contributed by atoms with Crippen LogP contribution in [-0.4, -0.2) is 35.3 Å². The monoisotopic (exact) mass is 442 g/mol. The largest absolute Gasteiger partial charge is 0.481 e. The Hall–Kier alpha value is -3.67. The van der Waals surface area contributed by atoms with Crippen LogP contribution in [0.1, 0.15) is 47.6 Å². The fraction of sp³-hybridized carbons (Fsp3) is 0.296. The molecule has 1 aliphatic heterocycles. The summed E-state index contributed by atoms with van der Waals surface area (Å²) in [5.74, 6) is -0.152. The molecule has 6 nitrogen and oxygen atoms in total. The van der Waals surface area contributed by atoms with E-state index in [-0.39, 0.29) is 25.0 Å². The van der Waals surface area contributed by atoms with Crippen LogP contribution in [-0.2, 0) is 22.4 Å². The molecule has 2 aliphatic rings. The van der Waals surface area contributed by atoms with Gasteiger partial charge in [-0.25, -0.2) is 9.78 Å². The van der Waals surface area contributed by atoms with Gasteiger partial charge in [0.15, 0.2) is 0 Å². The Morgan fingerprint density at radius 3 is 2.39 bits per heavy atom. The van der Waals surface area contributed by atoms with Gasteiger partial charge in [0, 0.05) is 24.6 Å². The van der Waals surface area contributed by atoms with Crippen molar-refractivity contribution >= 4 is 17.9 Å². The minimum Gasteiger partial charge on any atom is -0.481 e. The Kier molecular flexibility index (Phi) is 5.82. The van der Waals surface area contributed by atoms with Crippen molar-refractivity contribution in [3.05, 3.63) is 83.0 Å². The summed E-state index contributed by atoms with van der Waals surface area (Å²) < 4.78 is 5.86. The van der Waals surface area contributed by atoms with Crippen LogP contribution in [0, 0.1) is 0 Å². The lowest BCUT2D eigenvalue weighted by molar-refractivity contribution is -0.137. The van der Waals surface area contributed by atoms with Crippen molar-refractivity contribution < 1.29 is 19.4 Å². The average Bonchev–Trinajstić information content (AvgIpc) is 3.15. The Labute approximate surface area is 192 Å². The molecule has 33 heavy (non-hydrogen) atoms. The van der Waals surface area contributed by atoms with E-state index in [9.17, 15) is 9.59 Å². The fourth-order valence-corrected chi connectivity index (χ4v) is 4.89. The fourth-order valence-electron chi connectivity index (χ4n) is 4.89. The molecule has 0 fully saturated rings. The smallest absolute Gasteiger partial charge is 0.415 e. The molecule has 2 heterocycles. The van der Waals surface area contributed by atoms with Gasteiger partial charge in [-0.3, -0.25) is 9.69 Å². The molecule has 0 bridgehead atoms. The Morgan fingerprint density at radius 2 is 1.70 bits per heavy atom. The number of hydrogen-bond acceptors (Lipinski definition) is 4. The minimum atomic E-state index is -0.812. The van der Waals surface area contributed by atoms with Gasteiger partial charge in [0.05, 0.1) is 0 Å². The third-order valence-electron chi connectivity index (χ3n) is 6.48. The van der Waals surface area contributed by atoms with Crippen LogP contribution >= 0.6 is 0 Å². The van der Waals surface area contributed by atoms with Crippen LogP contribution in [0.15, 0.2) is 60.7 Å². The molecule has 0 spiro atoms. The number of hydrogen-bond donors (Lipinski definition) is 1. The molecule has 5 rings (SSSR count). The van der Waals surface area contributed by atoms with Crippen LogP contribution in [0.5, 0.6) is 0 Å². The highest BCUT2D eigenvalue weighted by Crippen LogP contribution is 2.44. The third kappa shape index (κ3) is 4.21. The van der Waals surface area contributed by atoms with E-state index in [1.807, 2.05) is 36.4 Å². The van der Waals surface area contributed by atoms with Crippen molar-refractivity contribution in [3.63, 3.8) is 0 Å². The molecule has 0 unspecified atom stereocenters. The first kappa shape index (κ1) is 21.2. The van der Waals surface area contributed by atoms with Gasteiger partial charge in [-0.2, -0.15) is 0 Å². The Balaban J connectivity index is 1.32. The maximum absolute atomic E-state index is 13.1. The number of pyridine rings is 1. The molecule has 6 heteroatoms. The summed E-state index contributed by atoms with van der Waals surface area (Å²) in [7, 11) is 0. The summed E-state index contributed by atoms with van der Waals surface area (Å²) in [5.41, 5.74) is 6.59. The molecule has 1 aliphatic carbocycles. The average molecular weight is 443 g/mol. The topological polar surface area (TPSA) is 79.7 Å². The molecule has 2 aromatic carbocycles. The summed E-state index contributed by atoms with van der Waals surface area (Å²) in [6, 6.07) is 20.5. The van der Waals surface area contributed by atoms with Crippen molar-refractivity contribution in [1.29, 1.82) is 0 Å². The lowest BCUT2D eigenvalue weighted by Gasteiger charge is -2.28. The number of fused-ring (bicyclic) bond motifs is 4. The molecule has 0 radical (unpaired) electrons. The zero-order valence-corrected chi connectivity index (χ0v) is 18.4. The number of carboxylic acids is 1. The van der Waals surface area contributed by atoms with E-state index in [2.05, 4.69) is 24.3 Å². The highest BCUT2D eigenvalue weighted by atomic mass is 16.6. The summed E-state index contributed by atoms with van der Waals surface area (Å²) >= 11 is 0. The second-order valence-corrected chi connectivity index (χ2v) is 8.59.